The molecular formula is C15H25NO5. The van der Waals surface area contributed by atoms with E-state index in [1.54, 1.807) is 20.8 Å². The highest BCUT2D eigenvalue weighted by Crippen LogP contribution is 2.27. The molecule has 0 bridgehead atoms. The van der Waals surface area contributed by atoms with Gasteiger partial charge in [-0.1, -0.05) is 12.8 Å². The van der Waals surface area contributed by atoms with E-state index in [1.807, 2.05) is 0 Å². The number of aliphatic carboxylic acids is 1. The zero-order valence-corrected chi connectivity index (χ0v) is 13.0. The normalized spacial score (nSPS) is 17.3. The monoisotopic (exact) mass is 299 g/mol. The number of ketones is 1. The number of Topliss-reactive ketones (excluding diaryl/α,β-unsaturated/α-hetero) is 1. The predicted molar refractivity (Wildman–Crippen MR) is 77.0 cm³/mol. The molecule has 1 aliphatic carbocycles. The molecule has 21 heavy (non-hydrogen) atoms. The molecule has 0 unspecified atom stereocenters. The fraction of sp³-hybridized carbons (Fsp3) is 0.800. The summed E-state index contributed by atoms with van der Waals surface area (Å²) in [5.74, 6) is -1.12. The van der Waals surface area contributed by atoms with Gasteiger partial charge in [0, 0.05) is 12.3 Å². The Balaban J connectivity index is 2.64. The van der Waals surface area contributed by atoms with Crippen LogP contribution in [-0.2, 0) is 14.3 Å². The quantitative estimate of drug-likeness (QED) is 0.786. The van der Waals surface area contributed by atoms with Gasteiger partial charge in [-0.15, -0.1) is 0 Å². The SMILES string of the molecule is CC(C)(C)OC(=O)N[C@@H](CCC(=O)O)C(=O)C1CCCC1. The second-order valence-corrected chi connectivity index (χ2v) is 6.51. The van der Waals surface area contributed by atoms with E-state index in [0.717, 1.165) is 25.7 Å². The Morgan fingerprint density at radius 3 is 2.29 bits per heavy atom. The average molecular weight is 299 g/mol. The third-order valence-electron chi connectivity index (χ3n) is 3.44. The van der Waals surface area contributed by atoms with E-state index in [2.05, 4.69) is 5.32 Å². The fourth-order valence-electron chi connectivity index (χ4n) is 2.50. The number of ether oxygens (including phenoxy) is 1. The Hall–Kier alpha value is -1.59. The first-order valence-corrected chi connectivity index (χ1v) is 7.44. The fourth-order valence-corrected chi connectivity index (χ4v) is 2.50. The van der Waals surface area contributed by atoms with Gasteiger partial charge in [0.1, 0.15) is 5.60 Å². The maximum atomic E-state index is 12.4. The summed E-state index contributed by atoms with van der Waals surface area (Å²) in [4.78, 5) is 34.9. The van der Waals surface area contributed by atoms with Crippen LogP contribution in [0.15, 0.2) is 0 Å². The molecule has 0 spiro atoms. The molecule has 6 heteroatoms. The molecule has 1 atom stereocenters. The third-order valence-corrected chi connectivity index (χ3v) is 3.44. The van der Waals surface area contributed by atoms with Crippen molar-refractivity contribution in [2.45, 2.75) is 70.9 Å². The highest BCUT2D eigenvalue weighted by atomic mass is 16.6. The molecule has 1 saturated carbocycles. The predicted octanol–water partition coefficient (Wildman–Crippen LogP) is 2.50. The molecule has 1 fully saturated rings. The Morgan fingerprint density at radius 1 is 1.24 bits per heavy atom. The van der Waals surface area contributed by atoms with Crippen molar-refractivity contribution in [1.82, 2.24) is 5.32 Å². The van der Waals surface area contributed by atoms with E-state index in [1.165, 1.54) is 0 Å². The van der Waals surface area contributed by atoms with Gasteiger partial charge in [0.05, 0.1) is 6.04 Å². The van der Waals surface area contributed by atoms with E-state index in [-0.39, 0.29) is 24.5 Å². The van der Waals surface area contributed by atoms with E-state index in [0.29, 0.717) is 0 Å². The smallest absolute Gasteiger partial charge is 0.408 e. The van der Waals surface area contributed by atoms with Crippen LogP contribution in [0.3, 0.4) is 0 Å². The molecule has 1 rings (SSSR count). The zero-order valence-electron chi connectivity index (χ0n) is 13.0. The lowest BCUT2D eigenvalue weighted by Gasteiger charge is -2.24. The minimum absolute atomic E-state index is 0.0698. The van der Waals surface area contributed by atoms with Gasteiger partial charge in [-0.3, -0.25) is 9.59 Å². The molecule has 0 aromatic rings. The molecular weight excluding hydrogens is 274 g/mol. The second-order valence-electron chi connectivity index (χ2n) is 6.51. The van der Waals surface area contributed by atoms with Crippen molar-refractivity contribution in [3.8, 4) is 0 Å². The average Bonchev–Trinajstić information content (AvgIpc) is 2.84. The van der Waals surface area contributed by atoms with E-state index < -0.39 is 23.7 Å². The molecule has 0 aliphatic heterocycles. The van der Waals surface area contributed by atoms with Crippen LogP contribution in [0.25, 0.3) is 0 Å². The van der Waals surface area contributed by atoms with Crippen LogP contribution >= 0.6 is 0 Å². The van der Waals surface area contributed by atoms with Gasteiger partial charge < -0.3 is 15.2 Å². The minimum atomic E-state index is -0.981. The summed E-state index contributed by atoms with van der Waals surface area (Å²) in [5, 5.41) is 11.3. The van der Waals surface area contributed by atoms with Gasteiger partial charge in [-0.25, -0.2) is 4.79 Å². The van der Waals surface area contributed by atoms with Crippen LogP contribution in [0, 0.1) is 5.92 Å². The maximum absolute atomic E-state index is 12.4. The van der Waals surface area contributed by atoms with Gasteiger partial charge in [0.2, 0.25) is 0 Å². The van der Waals surface area contributed by atoms with E-state index in [9.17, 15) is 14.4 Å². The van der Waals surface area contributed by atoms with Crippen molar-refractivity contribution in [2.75, 3.05) is 0 Å². The number of carbonyl (C=O) groups excluding carboxylic acids is 2. The van der Waals surface area contributed by atoms with Crippen molar-refractivity contribution in [1.29, 1.82) is 0 Å². The van der Waals surface area contributed by atoms with Crippen LogP contribution < -0.4 is 5.32 Å². The number of carbonyl (C=O) groups is 3. The molecule has 0 heterocycles. The van der Waals surface area contributed by atoms with Gasteiger partial charge in [0.25, 0.3) is 0 Å². The maximum Gasteiger partial charge on any atom is 0.408 e. The van der Waals surface area contributed by atoms with Gasteiger partial charge >= 0.3 is 12.1 Å². The largest absolute Gasteiger partial charge is 0.481 e. The first kappa shape index (κ1) is 17.5. The Morgan fingerprint density at radius 2 is 1.81 bits per heavy atom. The number of hydrogen-bond acceptors (Lipinski definition) is 4. The van der Waals surface area contributed by atoms with Crippen LogP contribution in [-0.4, -0.2) is 34.6 Å². The summed E-state index contributed by atoms with van der Waals surface area (Å²) < 4.78 is 5.14. The standard InChI is InChI=1S/C15H25NO5/c1-15(2,3)21-14(20)16-11(8-9-12(17)18)13(19)10-6-4-5-7-10/h10-11H,4-9H2,1-3H3,(H,16,20)(H,17,18)/t11-/m0/s1. The number of carboxylic acids is 1. The number of alkyl carbamates (subject to hydrolysis) is 1. The molecule has 0 radical (unpaired) electrons. The summed E-state index contributed by atoms with van der Waals surface area (Å²) in [6.45, 7) is 5.20. The minimum Gasteiger partial charge on any atom is -0.481 e. The van der Waals surface area contributed by atoms with Crippen molar-refractivity contribution < 1.29 is 24.2 Å². The third kappa shape index (κ3) is 6.60. The number of amides is 1. The number of carboxylic acid groups (broad SMARTS) is 1. The summed E-state index contributed by atoms with van der Waals surface area (Å²) in [6.07, 6.45) is 2.92. The Kier molecular flexibility index (Phi) is 6.18. The van der Waals surface area contributed by atoms with Gasteiger partial charge in [-0.2, -0.15) is 0 Å². The molecule has 0 aromatic heterocycles. The Bertz CT molecular complexity index is 393. The summed E-state index contributed by atoms with van der Waals surface area (Å²) in [6, 6.07) is -0.779. The van der Waals surface area contributed by atoms with Crippen LogP contribution in [0.5, 0.6) is 0 Å². The van der Waals surface area contributed by atoms with Crippen molar-refractivity contribution in [2.24, 2.45) is 5.92 Å². The van der Waals surface area contributed by atoms with Gasteiger partial charge in [-0.05, 0) is 40.0 Å². The molecule has 0 saturated heterocycles. The lowest BCUT2D eigenvalue weighted by Crippen LogP contribution is -2.45. The highest BCUT2D eigenvalue weighted by molar-refractivity contribution is 5.89. The number of rotatable bonds is 6. The number of hydrogen-bond donors (Lipinski definition) is 2. The molecule has 1 amide bonds. The zero-order chi connectivity index (χ0) is 16.0. The van der Waals surface area contributed by atoms with Crippen LogP contribution in [0.2, 0.25) is 0 Å². The topological polar surface area (TPSA) is 92.7 Å². The molecule has 2 N–H and O–H groups in total. The highest BCUT2D eigenvalue weighted by Gasteiger charge is 2.31. The van der Waals surface area contributed by atoms with Crippen molar-refractivity contribution in [3.05, 3.63) is 0 Å². The van der Waals surface area contributed by atoms with Gasteiger partial charge in [0.15, 0.2) is 5.78 Å². The second kappa shape index (κ2) is 7.43. The van der Waals surface area contributed by atoms with Crippen molar-refractivity contribution >= 4 is 17.8 Å². The first-order chi connectivity index (χ1) is 9.69. The van der Waals surface area contributed by atoms with Crippen LogP contribution in [0.4, 0.5) is 4.79 Å². The molecule has 6 nitrogen and oxygen atoms in total. The Labute approximate surface area is 125 Å². The summed E-state index contributed by atoms with van der Waals surface area (Å²) in [7, 11) is 0. The van der Waals surface area contributed by atoms with Crippen molar-refractivity contribution in [3.63, 3.8) is 0 Å². The molecule has 1 aliphatic rings. The van der Waals surface area contributed by atoms with E-state index >= 15 is 0 Å². The summed E-state index contributed by atoms with van der Waals surface area (Å²) in [5.41, 5.74) is -0.655. The van der Waals surface area contributed by atoms with Crippen LogP contribution in [0.1, 0.15) is 59.3 Å². The molecule has 0 aromatic carbocycles. The lowest BCUT2D eigenvalue weighted by molar-refractivity contribution is -0.137. The van der Waals surface area contributed by atoms with E-state index in [4.69, 9.17) is 9.84 Å². The molecule has 120 valence electrons. The summed E-state index contributed by atoms with van der Waals surface area (Å²) >= 11 is 0. The number of nitrogens with one attached hydrogen (secondary N) is 1. The lowest BCUT2D eigenvalue weighted by atomic mass is 9.94. The first-order valence-electron chi connectivity index (χ1n) is 7.44.